The number of hydrogen-bond acceptors (Lipinski definition) is 5. The molecule has 1 atom stereocenters. The standard InChI is InChI=1S/C14H18N4O/c15-14-9-11(6-7-17-14)8-12(18-16)10-19-13-4-2-1-3-5-13/h1-7,9,12,18H,8,10,16H2,(H2,15,17). The first kappa shape index (κ1) is 13.3. The van der Waals surface area contributed by atoms with Crippen LogP contribution in [-0.2, 0) is 6.42 Å². The molecule has 0 spiro atoms. The summed E-state index contributed by atoms with van der Waals surface area (Å²) in [6.07, 6.45) is 2.42. The fourth-order valence-corrected chi connectivity index (χ4v) is 1.79. The number of nitrogens with zero attached hydrogens (tertiary/aromatic N) is 1. The van der Waals surface area contributed by atoms with Crippen LogP contribution < -0.4 is 21.7 Å². The lowest BCUT2D eigenvalue weighted by Gasteiger charge is -2.17. The molecule has 5 heteroatoms. The monoisotopic (exact) mass is 258 g/mol. The largest absolute Gasteiger partial charge is 0.492 e. The minimum absolute atomic E-state index is 0.0157. The summed E-state index contributed by atoms with van der Waals surface area (Å²) in [6, 6.07) is 13.4. The molecule has 1 heterocycles. The van der Waals surface area contributed by atoms with Crippen LogP contribution in [0, 0.1) is 0 Å². The Labute approximate surface area is 112 Å². The fourth-order valence-electron chi connectivity index (χ4n) is 1.79. The molecule has 0 bridgehead atoms. The van der Waals surface area contributed by atoms with Gasteiger partial charge in [0.25, 0.3) is 0 Å². The molecule has 0 aliphatic carbocycles. The average molecular weight is 258 g/mol. The lowest BCUT2D eigenvalue weighted by Crippen LogP contribution is -2.41. The molecule has 0 fully saturated rings. The first-order chi connectivity index (χ1) is 9.28. The zero-order chi connectivity index (χ0) is 13.5. The van der Waals surface area contributed by atoms with Gasteiger partial charge in [-0.2, -0.15) is 0 Å². The van der Waals surface area contributed by atoms with Crippen LogP contribution in [0.2, 0.25) is 0 Å². The topological polar surface area (TPSA) is 86.2 Å². The highest BCUT2D eigenvalue weighted by Crippen LogP contribution is 2.10. The molecule has 2 aromatic rings. The van der Waals surface area contributed by atoms with Crippen LogP contribution >= 0.6 is 0 Å². The number of ether oxygens (including phenoxy) is 1. The smallest absolute Gasteiger partial charge is 0.123 e. The van der Waals surface area contributed by atoms with Crippen LogP contribution in [0.15, 0.2) is 48.7 Å². The molecule has 1 unspecified atom stereocenters. The molecule has 100 valence electrons. The van der Waals surface area contributed by atoms with Crippen LogP contribution in [0.1, 0.15) is 5.56 Å². The van der Waals surface area contributed by atoms with E-state index in [0.29, 0.717) is 12.4 Å². The number of aromatic nitrogens is 1. The number of hydrazine groups is 1. The van der Waals surface area contributed by atoms with Gasteiger partial charge >= 0.3 is 0 Å². The summed E-state index contributed by atoms with van der Waals surface area (Å²) in [5, 5.41) is 0. The average Bonchev–Trinajstić information content (AvgIpc) is 2.44. The molecule has 0 amide bonds. The van der Waals surface area contributed by atoms with E-state index in [1.54, 1.807) is 6.20 Å². The Morgan fingerprint density at radius 2 is 2.00 bits per heavy atom. The van der Waals surface area contributed by atoms with Gasteiger partial charge in [0, 0.05) is 6.20 Å². The normalized spacial score (nSPS) is 12.1. The fraction of sp³-hybridized carbons (Fsp3) is 0.214. The lowest BCUT2D eigenvalue weighted by molar-refractivity contribution is 0.264. The van der Waals surface area contributed by atoms with Crippen molar-refractivity contribution in [3.05, 3.63) is 54.2 Å². The maximum absolute atomic E-state index is 5.67. The second kappa shape index (κ2) is 6.72. The minimum atomic E-state index is 0.0157. The van der Waals surface area contributed by atoms with Gasteiger partial charge in [0.15, 0.2) is 0 Å². The predicted molar refractivity (Wildman–Crippen MR) is 75.4 cm³/mol. The second-order valence-corrected chi connectivity index (χ2v) is 4.28. The van der Waals surface area contributed by atoms with E-state index >= 15 is 0 Å². The molecule has 5 N–H and O–H groups in total. The molecule has 1 aromatic carbocycles. The third-order valence-corrected chi connectivity index (χ3v) is 2.76. The third-order valence-electron chi connectivity index (χ3n) is 2.76. The molecule has 5 nitrogen and oxygen atoms in total. The number of hydrogen-bond donors (Lipinski definition) is 3. The van der Waals surface area contributed by atoms with Crippen molar-refractivity contribution in [3.8, 4) is 5.75 Å². The van der Waals surface area contributed by atoms with Gasteiger partial charge in [-0.25, -0.2) is 4.98 Å². The Morgan fingerprint density at radius 1 is 1.21 bits per heavy atom. The summed E-state index contributed by atoms with van der Waals surface area (Å²) >= 11 is 0. The molecule has 2 rings (SSSR count). The zero-order valence-electron chi connectivity index (χ0n) is 10.6. The highest BCUT2D eigenvalue weighted by molar-refractivity contribution is 5.32. The van der Waals surface area contributed by atoms with E-state index in [1.165, 1.54) is 0 Å². The van der Waals surface area contributed by atoms with E-state index < -0.39 is 0 Å². The summed E-state index contributed by atoms with van der Waals surface area (Å²) in [7, 11) is 0. The van der Waals surface area contributed by atoms with Gasteiger partial charge in [-0.05, 0) is 36.2 Å². The molecular weight excluding hydrogens is 240 g/mol. The number of nitrogen functional groups attached to an aromatic ring is 1. The number of rotatable bonds is 6. The Kier molecular flexibility index (Phi) is 4.72. The summed E-state index contributed by atoms with van der Waals surface area (Å²) in [6.45, 7) is 0.489. The van der Waals surface area contributed by atoms with Crippen LogP contribution in [0.3, 0.4) is 0 Å². The molecule has 1 aromatic heterocycles. The number of para-hydroxylation sites is 1. The maximum atomic E-state index is 5.67. The number of benzene rings is 1. The van der Waals surface area contributed by atoms with Crippen molar-refractivity contribution < 1.29 is 4.74 Å². The summed E-state index contributed by atoms with van der Waals surface area (Å²) < 4.78 is 5.67. The summed E-state index contributed by atoms with van der Waals surface area (Å²) in [5.41, 5.74) is 9.48. The lowest BCUT2D eigenvalue weighted by atomic mass is 10.1. The highest BCUT2D eigenvalue weighted by Gasteiger charge is 2.09. The summed E-state index contributed by atoms with van der Waals surface area (Å²) in [5.74, 6) is 6.89. The predicted octanol–water partition coefficient (Wildman–Crippen LogP) is 1.12. The Morgan fingerprint density at radius 3 is 2.68 bits per heavy atom. The maximum Gasteiger partial charge on any atom is 0.123 e. The highest BCUT2D eigenvalue weighted by atomic mass is 16.5. The van der Waals surface area contributed by atoms with Crippen LogP contribution in [-0.4, -0.2) is 17.6 Å². The van der Waals surface area contributed by atoms with E-state index in [2.05, 4.69) is 10.4 Å². The van der Waals surface area contributed by atoms with E-state index in [4.69, 9.17) is 16.3 Å². The van der Waals surface area contributed by atoms with E-state index in [0.717, 1.165) is 17.7 Å². The number of nitrogens with two attached hydrogens (primary N) is 2. The molecule has 0 saturated carbocycles. The Hall–Kier alpha value is -2.11. The van der Waals surface area contributed by atoms with Gasteiger partial charge in [-0.1, -0.05) is 18.2 Å². The van der Waals surface area contributed by atoms with Crippen molar-refractivity contribution in [1.29, 1.82) is 0 Å². The Balaban J connectivity index is 1.90. The van der Waals surface area contributed by atoms with Crippen molar-refractivity contribution in [2.75, 3.05) is 12.3 Å². The molecule has 0 aliphatic rings. The van der Waals surface area contributed by atoms with Crippen molar-refractivity contribution in [3.63, 3.8) is 0 Å². The molecular formula is C14H18N4O. The van der Waals surface area contributed by atoms with Gasteiger partial charge < -0.3 is 10.5 Å². The van der Waals surface area contributed by atoms with Gasteiger partial charge in [0.2, 0.25) is 0 Å². The van der Waals surface area contributed by atoms with Gasteiger partial charge in [-0.15, -0.1) is 0 Å². The van der Waals surface area contributed by atoms with Crippen molar-refractivity contribution in [2.45, 2.75) is 12.5 Å². The number of anilines is 1. The van der Waals surface area contributed by atoms with Crippen LogP contribution in [0.4, 0.5) is 5.82 Å². The minimum Gasteiger partial charge on any atom is -0.492 e. The first-order valence-electron chi connectivity index (χ1n) is 6.12. The second-order valence-electron chi connectivity index (χ2n) is 4.28. The number of pyridine rings is 1. The van der Waals surface area contributed by atoms with Gasteiger partial charge in [0.05, 0.1) is 6.04 Å². The summed E-state index contributed by atoms with van der Waals surface area (Å²) in [4.78, 5) is 3.96. The van der Waals surface area contributed by atoms with Crippen LogP contribution in [0.5, 0.6) is 5.75 Å². The molecule has 0 aliphatic heterocycles. The van der Waals surface area contributed by atoms with Crippen LogP contribution in [0.25, 0.3) is 0 Å². The Bertz CT molecular complexity index is 504. The quantitative estimate of drug-likeness (QED) is 0.534. The van der Waals surface area contributed by atoms with Crippen molar-refractivity contribution >= 4 is 5.82 Å². The van der Waals surface area contributed by atoms with Gasteiger partial charge in [-0.3, -0.25) is 11.3 Å². The third kappa shape index (κ3) is 4.24. The molecule has 0 saturated heterocycles. The SMILES string of the molecule is NNC(COc1ccccc1)Cc1ccnc(N)c1. The van der Waals surface area contributed by atoms with E-state index in [9.17, 15) is 0 Å². The first-order valence-corrected chi connectivity index (χ1v) is 6.12. The molecule has 0 radical (unpaired) electrons. The van der Waals surface area contributed by atoms with E-state index in [-0.39, 0.29) is 6.04 Å². The van der Waals surface area contributed by atoms with Crippen molar-refractivity contribution in [2.24, 2.45) is 5.84 Å². The van der Waals surface area contributed by atoms with Gasteiger partial charge in [0.1, 0.15) is 18.2 Å². The zero-order valence-corrected chi connectivity index (χ0v) is 10.6. The van der Waals surface area contributed by atoms with Crippen molar-refractivity contribution in [1.82, 2.24) is 10.4 Å². The molecule has 19 heavy (non-hydrogen) atoms. The number of nitrogens with one attached hydrogen (secondary N) is 1. The van der Waals surface area contributed by atoms with E-state index in [1.807, 2.05) is 42.5 Å².